The van der Waals surface area contributed by atoms with Gasteiger partial charge in [-0.05, 0) is 19.8 Å². The van der Waals surface area contributed by atoms with E-state index in [1.165, 1.54) is 17.8 Å². The molecule has 1 aliphatic carbocycles. The van der Waals surface area contributed by atoms with Gasteiger partial charge < -0.3 is 15.0 Å². The molecule has 3 fully saturated rings. The summed E-state index contributed by atoms with van der Waals surface area (Å²) in [6.45, 7) is 4.63. The molecule has 0 bridgehead atoms. The molecule has 7 heteroatoms. The second-order valence-corrected chi connectivity index (χ2v) is 8.19. The topological polar surface area (TPSA) is 71.5 Å². The minimum absolute atomic E-state index is 0.122. The molecule has 1 aromatic rings. The quantitative estimate of drug-likeness (QED) is 0.893. The van der Waals surface area contributed by atoms with Crippen molar-refractivity contribution in [3.63, 3.8) is 0 Å². The van der Waals surface area contributed by atoms with E-state index in [1.807, 2.05) is 11.8 Å². The molecule has 6 nitrogen and oxygen atoms in total. The molecule has 3 heterocycles. The number of amides is 2. The van der Waals surface area contributed by atoms with Gasteiger partial charge in [0, 0.05) is 42.8 Å². The Hall–Kier alpha value is -1.47. The Labute approximate surface area is 145 Å². The van der Waals surface area contributed by atoms with Crippen LogP contribution in [0, 0.1) is 24.7 Å². The van der Waals surface area contributed by atoms with Gasteiger partial charge in [-0.1, -0.05) is 6.42 Å². The number of fused-ring (bicyclic) bond motifs is 1. The van der Waals surface area contributed by atoms with Crippen LogP contribution in [-0.2, 0) is 9.53 Å². The molecule has 4 rings (SSSR count). The molecule has 2 saturated heterocycles. The Balaban J connectivity index is 1.31. The van der Waals surface area contributed by atoms with Crippen molar-refractivity contribution in [3.05, 3.63) is 16.1 Å². The Morgan fingerprint density at radius 3 is 2.92 bits per heavy atom. The first-order valence-corrected chi connectivity index (χ1v) is 9.60. The molecule has 1 N–H and O–H groups in total. The first-order valence-electron chi connectivity index (χ1n) is 8.72. The average Bonchev–Trinajstić information content (AvgIpc) is 3.18. The number of aromatic nitrogens is 1. The molecule has 3 aliphatic rings. The standard InChI is InChI=1S/C17H23N3O3S/c1-10-19-14(9-24-10)16(21)18-5-12-8-23-15-7-20(6-13(12)15)17(22)11-3-2-4-11/h9,11-13,15H,2-8H2,1H3,(H,18,21)/t12-,13+,15+/m0/s1. The van der Waals surface area contributed by atoms with E-state index in [1.54, 1.807) is 5.38 Å². The van der Waals surface area contributed by atoms with Crippen LogP contribution in [0.1, 0.15) is 34.8 Å². The number of likely N-dealkylation sites (tertiary alicyclic amines) is 1. The van der Waals surface area contributed by atoms with Gasteiger partial charge in [-0.15, -0.1) is 11.3 Å². The summed E-state index contributed by atoms with van der Waals surface area (Å²) in [5, 5.41) is 5.66. The van der Waals surface area contributed by atoms with Crippen LogP contribution in [0.2, 0.25) is 0 Å². The number of nitrogens with one attached hydrogen (secondary N) is 1. The van der Waals surface area contributed by atoms with Crippen molar-refractivity contribution in [2.75, 3.05) is 26.2 Å². The summed E-state index contributed by atoms with van der Waals surface area (Å²) in [4.78, 5) is 30.8. The van der Waals surface area contributed by atoms with Gasteiger partial charge >= 0.3 is 0 Å². The van der Waals surface area contributed by atoms with Crippen molar-refractivity contribution < 1.29 is 14.3 Å². The third-order valence-electron chi connectivity index (χ3n) is 5.58. The van der Waals surface area contributed by atoms with Crippen molar-refractivity contribution in [2.24, 2.45) is 17.8 Å². The van der Waals surface area contributed by atoms with E-state index in [-0.39, 0.29) is 23.8 Å². The van der Waals surface area contributed by atoms with Gasteiger partial charge in [-0.2, -0.15) is 0 Å². The largest absolute Gasteiger partial charge is 0.376 e. The number of thiazole rings is 1. The SMILES string of the molecule is Cc1nc(C(=O)NC[C@H]2CO[C@@H]3CN(C(=O)C4CCC4)C[C@H]23)cs1. The number of ether oxygens (including phenoxy) is 1. The molecular formula is C17H23N3O3S. The van der Waals surface area contributed by atoms with E-state index in [0.717, 1.165) is 30.9 Å². The maximum atomic E-state index is 12.4. The van der Waals surface area contributed by atoms with E-state index in [2.05, 4.69) is 10.3 Å². The molecule has 24 heavy (non-hydrogen) atoms. The maximum absolute atomic E-state index is 12.4. The summed E-state index contributed by atoms with van der Waals surface area (Å²) in [6, 6.07) is 0. The van der Waals surface area contributed by atoms with Crippen LogP contribution in [0.5, 0.6) is 0 Å². The van der Waals surface area contributed by atoms with Crippen LogP contribution in [-0.4, -0.2) is 54.0 Å². The number of nitrogens with zero attached hydrogens (tertiary/aromatic N) is 2. The Morgan fingerprint density at radius 1 is 1.42 bits per heavy atom. The first kappa shape index (κ1) is 16.0. The summed E-state index contributed by atoms with van der Waals surface area (Å²) in [7, 11) is 0. The van der Waals surface area contributed by atoms with Gasteiger partial charge in [0.15, 0.2) is 0 Å². The van der Waals surface area contributed by atoms with Crippen molar-refractivity contribution in [2.45, 2.75) is 32.3 Å². The molecule has 1 saturated carbocycles. The van der Waals surface area contributed by atoms with Crippen molar-refractivity contribution in [1.29, 1.82) is 0 Å². The summed E-state index contributed by atoms with van der Waals surface area (Å²) in [6.07, 6.45) is 3.39. The van der Waals surface area contributed by atoms with Gasteiger partial charge in [-0.25, -0.2) is 4.98 Å². The number of aryl methyl sites for hydroxylation is 1. The zero-order chi connectivity index (χ0) is 16.7. The molecule has 3 atom stereocenters. The van der Waals surface area contributed by atoms with Crippen LogP contribution in [0.4, 0.5) is 0 Å². The highest BCUT2D eigenvalue weighted by molar-refractivity contribution is 7.09. The second kappa shape index (κ2) is 6.44. The Bertz CT molecular complexity index is 643. The highest BCUT2D eigenvalue weighted by Crippen LogP contribution is 2.36. The van der Waals surface area contributed by atoms with Crippen LogP contribution < -0.4 is 5.32 Å². The fraction of sp³-hybridized carbons (Fsp3) is 0.706. The Kier molecular flexibility index (Phi) is 4.30. The van der Waals surface area contributed by atoms with Gasteiger partial charge in [0.2, 0.25) is 5.91 Å². The molecular weight excluding hydrogens is 326 g/mol. The molecule has 0 aromatic carbocycles. The summed E-state index contributed by atoms with van der Waals surface area (Å²) in [5.74, 6) is 1.04. The highest BCUT2D eigenvalue weighted by atomic mass is 32.1. The van der Waals surface area contributed by atoms with E-state index in [9.17, 15) is 9.59 Å². The van der Waals surface area contributed by atoms with Gasteiger partial charge in [-0.3, -0.25) is 9.59 Å². The number of carbonyl (C=O) groups excluding carboxylic acids is 2. The van der Waals surface area contributed by atoms with Crippen LogP contribution in [0.3, 0.4) is 0 Å². The third-order valence-corrected chi connectivity index (χ3v) is 6.36. The van der Waals surface area contributed by atoms with Crippen molar-refractivity contribution in [1.82, 2.24) is 15.2 Å². The zero-order valence-corrected chi connectivity index (χ0v) is 14.7. The lowest BCUT2D eigenvalue weighted by atomic mass is 9.84. The lowest BCUT2D eigenvalue weighted by Crippen LogP contribution is -2.39. The predicted octanol–water partition coefficient (Wildman–Crippen LogP) is 1.45. The smallest absolute Gasteiger partial charge is 0.270 e. The van der Waals surface area contributed by atoms with Crippen LogP contribution in [0.15, 0.2) is 5.38 Å². The third kappa shape index (κ3) is 2.95. The minimum atomic E-state index is -0.122. The van der Waals surface area contributed by atoms with E-state index < -0.39 is 0 Å². The van der Waals surface area contributed by atoms with Crippen molar-refractivity contribution in [3.8, 4) is 0 Å². The average molecular weight is 349 g/mol. The van der Waals surface area contributed by atoms with E-state index in [4.69, 9.17) is 4.74 Å². The molecule has 0 radical (unpaired) electrons. The molecule has 2 aliphatic heterocycles. The number of hydrogen-bond acceptors (Lipinski definition) is 5. The Morgan fingerprint density at radius 2 is 2.25 bits per heavy atom. The summed E-state index contributed by atoms with van der Waals surface area (Å²) < 4.78 is 5.88. The fourth-order valence-corrected chi connectivity index (χ4v) is 4.48. The monoisotopic (exact) mass is 349 g/mol. The minimum Gasteiger partial charge on any atom is -0.376 e. The van der Waals surface area contributed by atoms with Gasteiger partial charge in [0.25, 0.3) is 5.91 Å². The number of carbonyl (C=O) groups is 2. The van der Waals surface area contributed by atoms with Crippen LogP contribution in [0.25, 0.3) is 0 Å². The normalized spacial score (nSPS) is 29.4. The second-order valence-electron chi connectivity index (χ2n) is 7.13. The number of hydrogen-bond donors (Lipinski definition) is 1. The van der Waals surface area contributed by atoms with E-state index in [0.29, 0.717) is 30.7 Å². The van der Waals surface area contributed by atoms with Gasteiger partial charge in [0.05, 0.1) is 17.7 Å². The predicted molar refractivity (Wildman–Crippen MR) is 89.8 cm³/mol. The lowest BCUT2D eigenvalue weighted by molar-refractivity contribution is -0.137. The fourth-order valence-electron chi connectivity index (χ4n) is 3.88. The molecule has 0 unspecified atom stereocenters. The molecule has 130 valence electrons. The van der Waals surface area contributed by atoms with Gasteiger partial charge in [0.1, 0.15) is 5.69 Å². The number of rotatable bonds is 4. The highest BCUT2D eigenvalue weighted by Gasteiger charge is 2.46. The van der Waals surface area contributed by atoms with Crippen LogP contribution >= 0.6 is 11.3 Å². The molecule has 0 spiro atoms. The summed E-state index contributed by atoms with van der Waals surface area (Å²) >= 11 is 1.48. The first-order chi connectivity index (χ1) is 11.6. The molecule has 2 amide bonds. The summed E-state index contributed by atoms with van der Waals surface area (Å²) in [5.41, 5.74) is 0.487. The van der Waals surface area contributed by atoms with Crippen molar-refractivity contribution >= 4 is 23.2 Å². The maximum Gasteiger partial charge on any atom is 0.270 e. The lowest BCUT2D eigenvalue weighted by Gasteiger charge is -2.29. The van der Waals surface area contributed by atoms with E-state index >= 15 is 0 Å². The zero-order valence-electron chi connectivity index (χ0n) is 13.9. The molecule has 1 aromatic heterocycles.